The Hall–Kier alpha value is -1.59. The Morgan fingerprint density at radius 3 is 2.71 bits per heavy atom. The summed E-state index contributed by atoms with van der Waals surface area (Å²) in [5, 5.41) is 8.70. The number of fused-ring (bicyclic) bond motifs is 1. The zero-order valence-corrected chi connectivity index (χ0v) is 13.1. The van der Waals surface area contributed by atoms with E-state index in [9.17, 15) is 9.59 Å². The summed E-state index contributed by atoms with van der Waals surface area (Å²) in [5.41, 5.74) is 2.18. The van der Waals surface area contributed by atoms with E-state index in [0.717, 1.165) is 12.1 Å². The quantitative estimate of drug-likeness (QED) is 0.900. The molecule has 1 N–H and O–H groups in total. The highest BCUT2D eigenvalue weighted by atomic mass is 35.5. The molecule has 1 aliphatic heterocycles. The van der Waals surface area contributed by atoms with Gasteiger partial charge in [-0.25, -0.2) is 0 Å². The average Bonchev–Trinajstić information content (AvgIpc) is 2.87. The van der Waals surface area contributed by atoms with Gasteiger partial charge >= 0.3 is 5.97 Å². The van der Waals surface area contributed by atoms with Crippen molar-refractivity contribution in [1.29, 1.82) is 0 Å². The predicted octanol–water partition coefficient (Wildman–Crippen LogP) is 1.79. The first kappa shape index (κ1) is 17.5. The zero-order chi connectivity index (χ0) is 14.7. The van der Waals surface area contributed by atoms with Crippen molar-refractivity contribution >= 4 is 30.0 Å². The van der Waals surface area contributed by atoms with Crippen molar-refractivity contribution in [2.24, 2.45) is 0 Å². The maximum atomic E-state index is 12.5. The summed E-state index contributed by atoms with van der Waals surface area (Å²) >= 11 is 0. The lowest BCUT2D eigenvalue weighted by molar-refractivity contribution is -0.138. The lowest BCUT2D eigenvalue weighted by Gasteiger charge is -2.28. The van der Waals surface area contributed by atoms with Crippen molar-refractivity contribution in [3.63, 3.8) is 0 Å². The van der Waals surface area contributed by atoms with Crippen LogP contribution in [-0.2, 0) is 16.0 Å². The summed E-state index contributed by atoms with van der Waals surface area (Å²) in [5.74, 6) is -0.814. The van der Waals surface area contributed by atoms with Gasteiger partial charge < -0.3 is 10.0 Å². The number of carbonyl (C=O) groups is 2. The van der Waals surface area contributed by atoms with Crippen molar-refractivity contribution < 1.29 is 14.7 Å². The van der Waals surface area contributed by atoms with Gasteiger partial charge in [0, 0.05) is 18.8 Å². The van der Waals surface area contributed by atoms with E-state index in [1.807, 2.05) is 31.2 Å². The van der Waals surface area contributed by atoms with Gasteiger partial charge in [-0.2, -0.15) is 0 Å². The van der Waals surface area contributed by atoms with Gasteiger partial charge in [0.25, 0.3) is 0 Å². The third-order valence-electron chi connectivity index (χ3n) is 3.85. The third kappa shape index (κ3) is 3.95. The van der Waals surface area contributed by atoms with Gasteiger partial charge in [0.2, 0.25) is 5.91 Å². The second kappa shape index (κ2) is 7.43. The van der Waals surface area contributed by atoms with Crippen molar-refractivity contribution in [1.82, 2.24) is 4.90 Å². The minimum absolute atomic E-state index is 0. The molecule has 0 radical (unpaired) electrons. The van der Waals surface area contributed by atoms with E-state index < -0.39 is 5.97 Å². The SMILES string of the molecule is CC(C(=O)N1CCc2ccccc21)N(C)CCC(=O)O.Cl. The fourth-order valence-corrected chi connectivity index (χ4v) is 2.45. The number of para-hydroxylation sites is 1. The van der Waals surface area contributed by atoms with E-state index in [2.05, 4.69) is 0 Å². The van der Waals surface area contributed by atoms with Crippen molar-refractivity contribution in [3.05, 3.63) is 29.8 Å². The molecule has 1 atom stereocenters. The van der Waals surface area contributed by atoms with Crippen LogP contribution in [0.2, 0.25) is 0 Å². The molecule has 1 aromatic carbocycles. The second-order valence-corrected chi connectivity index (χ2v) is 5.17. The monoisotopic (exact) mass is 312 g/mol. The van der Waals surface area contributed by atoms with Gasteiger partial charge in [-0.3, -0.25) is 14.5 Å². The molecule has 5 nitrogen and oxygen atoms in total. The standard InChI is InChI=1S/C15H20N2O3.ClH/c1-11(16(2)9-8-14(18)19)15(20)17-10-7-12-5-3-4-6-13(12)17;/h3-6,11H,7-10H2,1-2H3,(H,18,19);1H. The molecule has 1 aliphatic rings. The number of carboxylic acids is 1. The van der Waals surface area contributed by atoms with Crippen LogP contribution in [-0.4, -0.2) is 48.1 Å². The molecule has 0 spiro atoms. The van der Waals surface area contributed by atoms with Crippen molar-refractivity contribution in [2.45, 2.75) is 25.8 Å². The van der Waals surface area contributed by atoms with Crippen molar-refractivity contribution in [3.8, 4) is 0 Å². The highest BCUT2D eigenvalue weighted by Gasteiger charge is 2.29. The number of carbonyl (C=O) groups excluding carboxylic acids is 1. The van der Waals surface area contributed by atoms with Crippen LogP contribution in [0.3, 0.4) is 0 Å². The molecule has 0 saturated heterocycles. The molecule has 0 fully saturated rings. The number of aliphatic carboxylic acids is 1. The summed E-state index contributed by atoms with van der Waals surface area (Å²) in [6.45, 7) is 2.90. The average molecular weight is 313 g/mol. The smallest absolute Gasteiger partial charge is 0.304 e. The fourth-order valence-electron chi connectivity index (χ4n) is 2.45. The highest BCUT2D eigenvalue weighted by molar-refractivity contribution is 5.98. The maximum Gasteiger partial charge on any atom is 0.304 e. The van der Waals surface area contributed by atoms with Crippen LogP contribution < -0.4 is 4.90 Å². The Labute approximate surface area is 131 Å². The topological polar surface area (TPSA) is 60.9 Å². The normalized spacial score (nSPS) is 14.5. The molecule has 0 aromatic heterocycles. The molecule has 2 rings (SSSR count). The third-order valence-corrected chi connectivity index (χ3v) is 3.85. The minimum Gasteiger partial charge on any atom is -0.481 e. The number of anilines is 1. The molecule has 1 unspecified atom stereocenters. The van der Waals surface area contributed by atoms with E-state index >= 15 is 0 Å². The van der Waals surface area contributed by atoms with Crippen LogP contribution in [0.25, 0.3) is 0 Å². The Morgan fingerprint density at radius 1 is 1.38 bits per heavy atom. The van der Waals surface area contributed by atoms with E-state index in [0.29, 0.717) is 13.1 Å². The van der Waals surface area contributed by atoms with Gasteiger partial charge in [0.15, 0.2) is 0 Å². The van der Waals surface area contributed by atoms with Gasteiger partial charge in [-0.15, -0.1) is 12.4 Å². The lowest BCUT2D eigenvalue weighted by Crippen LogP contribution is -2.45. The summed E-state index contributed by atoms with van der Waals surface area (Å²) in [6.07, 6.45) is 0.929. The van der Waals surface area contributed by atoms with E-state index in [4.69, 9.17) is 5.11 Å². The number of carboxylic acid groups (broad SMARTS) is 1. The molecule has 1 aromatic rings. The van der Waals surface area contributed by atoms with E-state index in [1.54, 1.807) is 16.8 Å². The molecule has 1 amide bonds. The molecule has 1 heterocycles. The lowest BCUT2D eigenvalue weighted by atomic mass is 10.2. The van der Waals surface area contributed by atoms with Gasteiger partial charge in [-0.1, -0.05) is 18.2 Å². The van der Waals surface area contributed by atoms with Crippen LogP contribution in [0.5, 0.6) is 0 Å². The number of rotatable bonds is 5. The van der Waals surface area contributed by atoms with Gasteiger partial charge in [-0.05, 0) is 32.0 Å². The number of nitrogens with zero attached hydrogens (tertiary/aromatic N) is 2. The highest BCUT2D eigenvalue weighted by Crippen LogP contribution is 2.28. The second-order valence-electron chi connectivity index (χ2n) is 5.17. The molecule has 21 heavy (non-hydrogen) atoms. The molecule has 0 saturated carbocycles. The van der Waals surface area contributed by atoms with Crippen LogP contribution >= 0.6 is 12.4 Å². The minimum atomic E-state index is -0.844. The van der Waals surface area contributed by atoms with Crippen LogP contribution in [0.4, 0.5) is 5.69 Å². The summed E-state index contributed by atoms with van der Waals surface area (Å²) in [4.78, 5) is 26.7. The Morgan fingerprint density at radius 2 is 2.05 bits per heavy atom. The predicted molar refractivity (Wildman–Crippen MR) is 84.1 cm³/mol. The van der Waals surface area contributed by atoms with Gasteiger partial charge in [0.05, 0.1) is 12.5 Å². The number of halogens is 1. The number of likely N-dealkylation sites (N-methyl/N-ethyl adjacent to an activating group) is 1. The maximum absolute atomic E-state index is 12.5. The number of amides is 1. The first-order valence-corrected chi connectivity index (χ1v) is 6.82. The van der Waals surface area contributed by atoms with Crippen LogP contribution in [0, 0.1) is 0 Å². The largest absolute Gasteiger partial charge is 0.481 e. The first-order valence-electron chi connectivity index (χ1n) is 6.82. The van der Waals surface area contributed by atoms with Gasteiger partial charge in [0.1, 0.15) is 0 Å². The van der Waals surface area contributed by atoms with E-state index in [1.165, 1.54) is 5.56 Å². The first-order chi connectivity index (χ1) is 9.50. The number of hydrogen-bond acceptors (Lipinski definition) is 3. The molecule has 0 bridgehead atoms. The number of hydrogen-bond donors (Lipinski definition) is 1. The molecule has 116 valence electrons. The molecule has 6 heteroatoms. The Bertz CT molecular complexity index is 521. The molecular weight excluding hydrogens is 292 g/mol. The summed E-state index contributed by atoms with van der Waals surface area (Å²) < 4.78 is 0. The summed E-state index contributed by atoms with van der Waals surface area (Å²) in [6, 6.07) is 7.60. The van der Waals surface area contributed by atoms with Crippen LogP contribution in [0.1, 0.15) is 18.9 Å². The fraction of sp³-hybridized carbons (Fsp3) is 0.467. The number of benzene rings is 1. The Balaban J connectivity index is 0.00000220. The molecule has 0 aliphatic carbocycles. The van der Waals surface area contributed by atoms with E-state index in [-0.39, 0.29) is 30.8 Å². The van der Waals surface area contributed by atoms with Crippen LogP contribution in [0.15, 0.2) is 24.3 Å². The zero-order valence-electron chi connectivity index (χ0n) is 12.3. The molecular formula is C15H21ClN2O3. The van der Waals surface area contributed by atoms with Crippen molar-refractivity contribution in [2.75, 3.05) is 25.0 Å². The Kier molecular flexibility index (Phi) is 6.18. The summed E-state index contributed by atoms with van der Waals surface area (Å²) in [7, 11) is 1.79.